The van der Waals surface area contributed by atoms with Crippen LogP contribution in [0.4, 0.5) is 5.69 Å². The summed E-state index contributed by atoms with van der Waals surface area (Å²) in [5.41, 5.74) is 2.86. The average Bonchev–Trinajstić information content (AvgIpc) is 2.62. The molecule has 1 amide bonds. The summed E-state index contributed by atoms with van der Waals surface area (Å²) >= 11 is 0. The highest BCUT2D eigenvalue weighted by Gasteiger charge is 2.34. The fourth-order valence-electron chi connectivity index (χ4n) is 2.55. The summed E-state index contributed by atoms with van der Waals surface area (Å²) in [6.07, 6.45) is 1.31. The topological polar surface area (TPSA) is 32.3 Å². The van der Waals surface area contributed by atoms with Crippen LogP contribution in [-0.2, 0) is 10.2 Å². The first-order valence-electron chi connectivity index (χ1n) is 6.29. The molecule has 1 aliphatic heterocycles. The maximum absolute atomic E-state index is 11.1. The third kappa shape index (κ3) is 2.40. The minimum absolute atomic E-state index is 0.109. The summed E-state index contributed by atoms with van der Waals surface area (Å²) < 4.78 is 0. The number of hydrogen-bond donors (Lipinski definition) is 1. The van der Waals surface area contributed by atoms with Gasteiger partial charge < -0.3 is 10.2 Å². The molecule has 2 rings (SSSR count). The zero-order chi connectivity index (χ0) is 13.2. The molecule has 0 aliphatic carbocycles. The Morgan fingerprint density at radius 3 is 2.94 bits per heavy atom. The number of benzene rings is 1. The van der Waals surface area contributed by atoms with Gasteiger partial charge in [-0.2, -0.15) is 0 Å². The van der Waals surface area contributed by atoms with Crippen molar-refractivity contribution < 1.29 is 4.79 Å². The molecule has 1 aliphatic rings. The highest BCUT2D eigenvalue weighted by Crippen LogP contribution is 2.39. The van der Waals surface area contributed by atoms with E-state index in [-0.39, 0.29) is 11.3 Å². The minimum Gasteiger partial charge on any atom is -0.369 e. The second-order valence-electron chi connectivity index (χ2n) is 5.32. The fraction of sp³-hybridized carbons (Fsp3) is 0.400. The molecular formula is C15H20N2O. The van der Waals surface area contributed by atoms with Crippen molar-refractivity contribution in [3.8, 4) is 0 Å². The molecule has 0 spiro atoms. The van der Waals surface area contributed by atoms with Crippen LogP contribution >= 0.6 is 0 Å². The number of fused-ring (bicyclic) bond motifs is 1. The zero-order valence-electron chi connectivity index (χ0n) is 11.1. The molecule has 0 unspecified atom stereocenters. The largest absolute Gasteiger partial charge is 0.369 e. The number of hydrogen-bond acceptors (Lipinski definition) is 2. The van der Waals surface area contributed by atoms with Crippen molar-refractivity contribution in [2.45, 2.75) is 19.3 Å². The first-order valence-corrected chi connectivity index (χ1v) is 6.29. The lowest BCUT2D eigenvalue weighted by atomic mass is 9.87. The van der Waals surface area contributed by atoms with Gasteiger partial charge in [-0.25, -0.2) is 0 Å². The molecule has 0 saturated heterocycles. The molecule has 1 N–H and O–H groups in total. The second-order valence-corrected chi connectivity index (χ2v) is 5.32. The third-order valence-electron chi connectivity index (χ3n) is 3.43. The van der Waals surface area contributed by atoms with Gasteiger partial charge in [0.15, 0.2) is 0 Å². The van der Waals surface area contributed by atoms with E-state index in [2.05, 4.69) is 54.9 Å². The lowest BCUT2D eigenvalue weighted by molar-refractivity contribution is -0.116. The van der Waals surface area contributed by atoms with Crippen molar-refractivity contribution in [3.63, 3.8) is 0 Å². The van der Waals surface area contributed by atoms with Crippen LogP contribution in [0.2, 0.25) is 0 Å². The van der Waals surface area contributed by atoms with Crippen molar-refractivity contribution in [3.05, 3.63) is 42.5 Å². The SMILES string of the molecule is C=CC(=O)NCCN1CC(C)(C)c2ccccc21. The summed E-state index contributed by atoms with van der Waals surface area (Å²) in [6, 6.07) is 8.50. The lowest BCUT2D eigenvalue weighted by Gasteiger charge is -2.22. The van der Waals surface area contributed by atoms with Gasteiger partial charge in [0.25, 0.3) is 0 Å². The molecule has 1 aromatic rings. The van der Waals surface area contributed by atoms with E-state index in [1.54, 1.807) is 0 Å². The van der Waals surface area contributed by atoms with Gasteiger partial charge >= 0.3 is 0 Å². The first-order chi connectivity index (χ1) is 8.54. The molecule has 0 radical (unpaired) electrons. The van der Waals surface area contributed by atoms with Crippen molar-refractivity contribution in [1.82, 2.24) is 5.32 Å². The molecule has 96 valence electrons. The number of carbonyl (C=O) groups excluding carboxylic acids is 1. The monoisotopic (exact) mass is 244 g/mol. The molecule has 1 heterocycles. The Labute approximate surface area is 108 Å². The summed E-state index contributed by atoms with van der Waals surface area (Å²) in [6.45, 7) is 10.4. The molecule has 0 atom stereocenters. The van der Waals surface area contributed by atoms with E-state index in [4.69, 9.17) is 0 Å². The second kappa shape index (κ2) is 4.84. The Kier molecular flexibility index (Phi) is 3.41. The summed E-state index contributed by atoms with van der Waals surface area (Å²) in [4.78, 5) is 13.4. The number of anilines is 1. The van der Waals surface area contributed by atoms with Crippen LogP contribution in [0.25, 0.3) is 0 Å². The Hall–Kier alpha value is -1.77. The highest BCUT2D eigenvalue weighted by atomic mass is 16.1. The van der Waals surface area contributed by atoms with Crippen LogP contribution < -0.4 is 10.2 Å². The van der Waals surface area contributed by atoms with Gasteiger partial charge in [-0.15, -0.1) is 0 Å². The molecule has 0 saturated carbocycles. The summed E-state index contributed by atoms with van der Waals surface area (Å²) in [7, 11) is 0. The van der Waals surface area contributed by atoms with Gasteiger partial charge in [0, 0.05) is 30.7 Å². The zero-order valence-corrected chi connectivity index (χ0v) is 11.1. The van der Waals surface area contributed by atoms with Gasteiger partial charge in [-0.05, 0) is 17.7 Å². The van der Waals surface area contributed by atoms with Gasteiger partial charge in [-0.1, -0.05) is 38.6 Å². The van der Waals surface area contributed by atoms with Crippen LogP contribution in [0.3, 0.4) is 0 Å². The standard InChI is InChI=1S/C15H20N2O/c1-4-14(18)16-9-10-17-11-15(2,3)12-7-5-6-8-13(12)17/h4-8H,1,9-11H2,2-3H3,(H,16,18). The van der Waals surface area contributed by atoms with Crippen molar-refractivity contribution in [2.75, 3.05) is 24.5 Å². The molecule has 1 aromatic carbocycles. The van der Waals surface area contributed by atoms with Crippen LogP contribution in [-0.4, -0.2) is 25.5 Å². The molecule has 3 heteroatoms. The molecule has 0 aromatic heterocycles. The number of para-hydroxylation sites is 1. The quantitative estimate of drug-likeness (QED) is 0.823. The van der Waals surface area contributed by atoms with E-state index >= 15 is 0 Å². The predicted molar refractivity (Wildman–Crippen MR) is 74.9 cm³/mol. The molecule has 3 nitrogen and oxygen atoms in total. The number of nitrogens with zero attached hydrogens (tertiary/aromatic N) is 1. The normalized spacial score (nSPS) is 16.2. The number of nitrogens with one attached hydrogen (secondary N) is 1. The van der Waals surface area contributed by atoms with E-state index < -0.39 is 0 Å². The molecular weight excluding hydrogens is 224 g/mol. The predicted octanol–water partition coefficient (Wildman–Crippen LogP) is 2.09. The van der Waals surface area contributed by atoms with Gasteiger partial charge in [0.1, 0.15) is 0 Å². The van der Waals surface area contributed by atoms with Gasteiger partial charge in [0.05, 0.1) is 0 Å². The molecule has 18 heavy (non-hydrogen) atoms. The average molecular weight is 244 g/mol. The van der Waals surface area contributed by atoms with Crippen molar-refractivity contribution in [2.24, 2.45) is 0 Å². The Morgan fingerprint density at radius 2 is 2.22 bits per heavy atom. The minimum atomic E-state index is -0.109. The first kappa shape index (κ1) is 12.7. The number of rotatable bonds is 4. The van der Waals surface area contributed by atoms with Crippen LogP contribution in [0.5, 0.6) is 0 Å². The number of amides is 1. The smallest absolute Gasteiger partial charge is 0.243 e. The maximum Gasteiger partial charge on any atom is 0.243 e. The van der Waals surface area contributed by atoms with Crippen molar-refractivity contribution >= 4 is 11.6 Å². The van der Waals surface area contributed by atoms with Gasteiger partial charge in [0.2, 0.25) is 5.91 Å². The van der Waals surface area contributed by atoms with Gasteiger partial charge in [-0.3, -0.25) is 4.79 Å². The third-order valence-corrected chi connectivity index (χ3v) is 3.43. The van der Waals surface area contributed by atoms with E-state index in [9.17, 15) is 4.79 Å². The maximum atomic E-state index is 11.1. The number of carbonyl (C=O) groups is 1. The van der Waals surface area contributed by atoms with E-state index in [0.29, 0.717) is 6.54 Å². The van der Waals surface area contributed by atoms with Crippen LogP contribution in [0, 0.1) is 0 Å². The van der Waals surface area contributed by atoms with Crippen LogP contribution in [0.1, 0.15) is 19.4 Å². The Bertz CT molecular complexity index is 465. The van der Waals surface area contributed by atoms with E-state index in [0.717, 1.165) is 13.1 Å². The van der Waals surface area contributed by atoms with E-state index in [1.165, 1.54) is 17.3 Å². The van der Waals surface area contributed by atoms with E-state index in [1.807, 2.05) is 0 Å². The van der Waals surface area contributed by atoms with Crippen LogP contribution in [0.15, 0.2) is 36.9 Å². The van der Waals surface area contributed by atoms with Crippen molar-refractivity contribution in [1.29, 1.82) is 0 Å². The Balaban J connectivity index is 2.04. The molecule has 0 bridgehead atoms. The lowest BCUT2D eigenvalue weighted by Crippen LogP contribution is -2.35. The highest BCUT2D eigenvalue weighted by molar-refractivity contribution is 5.86. The summed E-state index contributed by atoms with van der Waals surface area (Å²) in [5.74, 6) is -0.109. The fourth-order valence-corrected chi connectivity index (χ4v) is 2.55. The molecule has 0 fully saturated rings. The Morgan fingerprint density at radius 1 is 1.50 bits per heavy atom. The summed E-state index contributed by atoms with van der Waals surface area (Å²) in [5, 5.41) is 2.82.